The molecule has 0 aliphatic heterocycles. The number of hydrogen-bond acceptors (Lipinski definition) is 4. The van der Waals surface area contributed by atoms with Crippen LogP contribution in [0.4, 0.5) is 0 Å². The molecule has 0 aromatic heterocycles. The summed E-state index contributed by atoms with van der Waals surface area (Å²) in [4.78, 5) is 12.7. The zero-order valence-electron chi connectivity index (χ0n) is 17.3. The molecule has 2 aromatic carbocycles. The first-order chi connectivity index (χ1) is 14.0. The van der Waals surface area contributed by atoms with Gasteiger partial charge in [0, 0.05) is 6.54 Å². The molecule has 0 fully saturated rings. The van der Waals surface area contributed by atoms with Crippen molar-refractivity contribution in [3.8, 4) is 17.6 Å². The van der Waals surface area contributed by atoms with Gasteiger partial charge >= 0.3 is 0 Å². The first kappa shape index (κ1) is 22.0. The fraction of sp³-hybridized carbons (Fsp3) is 0.333. The molecular weight excluding hydrogens is 364 g/mol. The monoisotopic (exact) mass is 392 g/mol. The van der Waals surface area contributed by atoms with Crippen LogP contribution in [0.1, 0.15) is 37.0 Å². The summed E-state index contributed by atoms with van der Waals surface area (Å²) in [5.74, 6) is 1.49. The molecule has 2 aromatic rings. The van der Waals surface area contributed by atoms with E-state index in [9.17, 15) is 4.79 Å². The summed E-state index contributed by atoms with van der Waals surface area (Å²) in [5.41, 5.74) is 2.30. The highest BCUT2D eigenvalue weighted by Gasteiger charge is 2.22. The van der Waals surface area contributed by atoms with Crippen molar-refractivity contribution in [2.24, 2.45) is 5.92 Å². The van der Waals surface area contributed by atoms with Crippen molar-refractivity contribution in [2.45, 2.75) is 32.8 Å². The van der Waals surface area contributed by atoms with Gasteiger partial charge in [0.1, 0.15) is 11.5 Å². The van der Waals surface area contributed by atoms with E-state index < -0.39 is 6.10 Å². The van der Waals surface area contributed by atoms with Crippen LogP contribution >= 0.6 is 0 Å². The number of nitriles is 1. The minimum absolute atomic E-state index is 0.147. The number of amides is 1. The van der Waals surface area contributed by atoms with Crippen molar-refractivity contribution in [3.05, 3.63) is 65.7 Å². The SMILES string of the molecule is C=Cc1cc(OC(CC(C)C)C(=O)NCCc2cccc(OC)c2)ccc1C#N. The molecule has 0 saturated heterocycles. The highest BCUT2D eigenvalue weighted by molar-refractivity contribution is 5.81. The van der Waals surface area contributed by atoms with Gasteiger partial charge in [-0.15, -0.1) is 0 Å². The molecule has 2 rings (SSSR count). The molecule has 5 nitrogen and oxygen atoms in total. The van der Waals surface area contributed by atoms with Crippen LogP contribution in [0.2, 0.25) is 0 Å². The normalized spacial score (nSPS) is 11.4. The largest absolute Gasteiger partial charge is 0.497 e. The van der Waals surface area contributed by atoms with Crippen molar-refractivity contribution < 1.29 is 14.3 Å². The Labute approximate surface area is 173 Å². The molecule has 0 bridgehead atoms. The number of carbonyl (C=O) groups is 1. The van der Waals surface area contributed by atoms with Crippen LogP contribution in [-0.4, -0.2) is 25.7 Å². The van der Waals surface area contributed by atoms with Gasteiger partial charge in [0.2, 0.25) is 0 Å². The fourth-order valence-electron chi connectivity index (χ4n) is 2.96. The highest BCUT2D eigenvalue weighted by Crippen LogP contribution is 2.21. The molecule has 0 heterocycles. The third kappa shape index (κ3) is 6.69. The van der Waals surface area contributed by atoms with Crippen molar-refractivity contribution in [1.29, 1.82) is 5.26 Å². The van der Waals surface area contributed by atoms with Crippen LogP contribution < -0.4 is 14.8 Å². The van der Waals surface area contributed by atoms with E-state index >= 15 is 0 Å². The first-order valence-corrected chi connectivity index (χ1v) is 9.70. The molecule has 1 amide bonds. The second-order valence-corrected chi connectivity index (χ2v) is 7.19. The van der Waals surface area contributed by atoms with Gasteiger partial charge in [-0.05, 0) is 60.2 Å². The van der Waals surface area contributed by atoms with Crippen LogP contribution in [0.15, 0.2) is 49.0 Å². The van der Waals surface area contributed by atoms with Gasteiger partial charge in [-0.1, -0.05) is 38.6 Å². The van der Waals surface area contributed by atoms with Crippen LogP contribution in [0.5, 0.6) is 11.5 Å². The Kier molecular flexibility index (Phi) is 8.29. The first-order valence-electron chi connectivity index (χ1n) is 9.70. The van der Waals surface area contributed by atoms with Crippen molar-refractivity contribution in [2.75, 3.05) is 13.7 Å². The third-order valence-corrected chi connectivity index (χ3v) is 4.47. The van der Waals surface area contributed by atoms with E-state index in [2.05, 4.69) is 18.0 Å². The number of nitrogens with zero attached hydrogens (tertiary/aromatic N) is 1. The lowest BCUT2D eigenvalue weighted by Crippen LogP contribution is -2.40. The molecule has 1 unspecified atom stereocenters. The Morgan fingerprint density at radius 1 is 1.24 bits per heavy atom. The van der Waals surface area contributed by atoms with Crippen LogP contribution in [0.3, 0.4) is 0 Å². The lowest BCUT2D eigenvalue weighted by molar-refractivity contribution is -0.128. The maximum Gasteiger partial charge on any atom is 0.261 e. The lowest BCUT2D eigenvalue weighted by Gasteiger charge is -2.21. The second kappa shape index (κ2) is 10.9. The smallest absolute Gasteiger partial charge is 0.261 e. The maximum absolute atomic E-state index is 12.7. The number of benzene rings is 2. The van der Waals surface area contributed by atoms with Gasteiger partial charge in [0.15, 0.2) is 6.10 Å². The summed E-state index contributed by atoms with van der Waals surface area (Å²) >= 11 is 0. The summed E-state index contributed by atoms with van der Waals surface area (Å²) in [6.07, 6.45) is 2.30. The molecular formula is C24H28N2O3. The summed E-state index contributed by atoms with van der Waals surface area (Å²) < 4.78 is 11.2. The average Bonchev–Trinajstić information content (AvgIpc) is 2.72. The summed E-state index contributed by atoms with van der Waals surface area (Å²) in [6, 6.07) is 15.0. The van der Waals surface area contributed by atoms with Gasteiger partial charge in [-0.25, -0.2) is 0 Å². The Morgan fingerprint density at radius 2 is 2.03 bits per heavy atom. The van der Waals surface area contributed by atoms with E-state index in [0.717, 1.165) is 11.3 Å². The quantitative estimate of drug-likeness (QED) is 0.652. The van der Waals surface area contributed by atoms with Gasteiger partial charge < -0.3 is 14.8 Å². The van der Waals surface area contributed by atoms with E-state index in [4.69, 9.17) is 14.7 Å². The Bertz CT molecular complexity index is 884. The van der Waals surface area contributed by atoms with E-state index in [-0.39, 0.29) is 5.91 Å². The van der Waals surface area contributed by atoms with Crippen molar-refractivity contribution in [1.82, 2.24) is 5.32 Å². The number of carbonyl (C=O) groups excluding carboxylic acids is 1. The molecule has 5 heteroatoms. The zero-order chi connectivity index (χ0) is 21.2. The summed E-state index contributed by atoms with van der Waals surface area (Å²) in [5, 5.41) is 12.1. The van der Waals surface area contributed by atoms with Gasteiger partial charge in [-0.3, -0.25) is 4.79 Å². The van der Waals surface area contributed by atoms with Crippen LogP contribution in [0.25, 0.3) is 6.08 Å². The number of ether oxygens (including phenoxy) is 2. The lowest BCUT2D eigenvalue weighted by atomic mass is 10.0. The molecule has 29 heavy (non-hydrogen) atoms. The van der Waals surface area contributed by atoms with Crippen molar-refractivity contribution >= 4 is 12.0 Å². The average molecular weight is 392 g/mol. The number of methoxy groups -OCH3 is 1. The number of hydrogen-bond donors (Lipinski definition) is 1. The molecule has 1 N–H and O–H groups in total. The topological polar surface area (TPSA) is 71.3 Å². The van der Waals surface area contributed by atoms with Gasteiger partial charge in [0.25, 0.3) is 5.91 Å². The van der Waals surface area contributed by atoms with E-state index in [0.29, 0.717) is 42.2 Å². The minimum atomic E-state index is -0.606. The van der Waals surface area contributed by atoms with Gasteiger partial charge in [-0.2, -0.15) is 5.26 Å². The Morgan fingerprint density at radius 3 is 2.69 bits per heavy atom. The van der Waals surface area contributed by atoms with Crippen molar-refractivity contribution in [3.63, 3.8) is 0 Å². The molecule has 0 radical (unpaired) electrons. The number of rotatable bonds is 10. The van der Waals surface area contributed by atoms with Crippen LogP contribution in [-0.2, 0) is 11.2 Å². The van der Waals surface area contributed by atoms with E-state index in [1.807, 2.05) is 38.1 Å². The van der Waals surface area contributed by atoms with Crippen LogP contribution in [0, 0.1) is 17.2 Å². The molecule has 152 valence electrons. The minimum Gasteiger partial charge on any atom is -0.497 e. The predicted octanol–water partition coefficient (Wildman–Crippen LogP) is 4.36. The zero-order valence-corrected chi connectivity index (χ0v) is 17.3. The molecule has 0 saturated carbocycles. The number of nitrogens with one attached hydrogen (secondary N) is 1. The summed E-state index contributed by atoms with van der Waals surface area (Å²) in [7, 11) is 1.63. The second-order valence-electron chi connectivity index (χ2n) is 7.19. The van der Waals surface area contributed by atoms with Gasteiger partial charge in [0.05, 0.1) is 18.7 Å². The summed E-state index contributed by atoms with van der Waals surface area (Å²) in [6.45, 7) is 8.34. The molecule has 0 aliphatic rings. The fourth-order valence-corrected chi connectivity index (χ4v) is 2.96. The van der Waals surface area contributed by atoms with E-state index in [1.165, 1.54) is 0 Å². The third-order valence-electron chi connectivity index (χ3n) is 4.47. The van der Waals surface area contributed by atoms with E-state index in [1.54, 1.807) is 31.4 Å². The molecule has 0 aliphatic carbocycles. The Balaban J connectivity index is 2.02. The maximum atomic E-state index is 12.7. The highest BCUT2D eigenvalue weighted by atomic mass is 16.5. The molecule has 1 atom stereocenters. The molecule has 0 spiro atoms. The Hall–Kier alpha value is -3.26. The standard InChI is InChI=1S/C24H28N2O3/c1-5-19-15-22(10-9-20(19)16-25)29-23(13-17(2)3)24(27)26-12-11-18-7-6-8-21(14-18)28-4/h5-10,14-15,17,23H,1,11-13H2,2-4H3,(H,26,27). The predicted molar refractivity (Wildman–Crippen MR) is 115 cm³/mol.